The van der Waals surface area contributed by atoms with Gasteiger partial charge in [-0.15, -0.1) is 24.0 Å². The predicted octanol–water partition coefficient (Wildman–Crippen LogP) is 3.27. The highest BCUT2D eigenvalue weighted by atomic mass is 127. The molecule has 8 nitrogen and oxygen atoms in total. The van der Waals surface area contributed by atoms with Crippen LogP contribution in [-0.4, -0.2) is 44.1 Å². The predicted molar refractivity (Wildman–Crippen MR) is 114 cm³/mol. The van der Waals surface area contributed by atoms with Gasteiger partial charge in [-0.2, -0.15) is 18.3 Å². The number of nitrogens with zero attached hydrogens (tertiary/aromatic N) is 3. The van der Waals surface area contributed by atoms with E-state index in [4.69, 9.17) is 14.2 Å². The maximum absolute atomic E-state index is 13.1. The third-order valence-electron chi connectivity index (χ3n) is 3.77. The summed E-state index contributed by atoms with van der Waals surface area (Å²) < 4.78 is 56.1. The number of benzene rings is 1. The van der Waals surface area contributed by atoms with E-state index in [-0.39, 0.29) is 42.0 Å². The van der Waals surface area contributed by atoms with E-state index in [0.717, 1.165) is 4.68 Å². The fourth-order valence-electron chi connectivity index (χ4n) is 2.55. The third kappa shape index (κ3) is 6.05. The maximum atomic E-state index is 13.1. The van der Waals surface area contributed by atoms with Gasteiger partial charge in [0.25, 0.3) is 0 Å². The van der Waals surface area contributed by atoms with Gasteiger partial charge in [0.05, 0.1) is 21.3 Å². The number of halogens is 4. The average molecular weight is 529 g/mol. The SMILES string of the molecule is CN=C(NCc1cn(C)nc1C(F)(F)F)Nc1cc(OC)c(OC)c(OC)c1.I. The summed E-state index contributed by atoms with van der Waals surface area (Å²) in [5.41, 5.74) is -0.390. The van der Waals surface area contributed by atoms with Crippen LogP contribution in [0.2, 0.25) is 0 Å². The zero-order valence-corrected chi connectivity index (χ0v) is 18.9. The van der Waals surface area contributed by atoms with E-state index in [1.165, 1.54) is 41.6 Å². The monoisotopic (exact) mass is 529 g/mol. The zero-order chi connectivity index (χ0) is 20.9. The number of guanidine groups is 1. The Morgan fingerprint density at radius 1 is 1.14 bits per heavy atom. The molecule has 0 radical (unpaired) electrons. The Morgan fingerprint density at radius 3 is 2.17 bits per heavy atom. The van der Waals surface area contributed by atoms with Gasteiger partial charge >= 0.3 is 6.18 Å². The molecule has 1 aromatic heterocycles. The second kappa shape index (κ2) is 10.4. The van der Waals surface area contributed by atoms with Gasteiger partial charge < -0.3 is 24.8 Å². The molecule has 0 saturated carbocycles. The molecule has 12 heteroatoms. The fourth-order valence-corrected chi connectivity index (χ4v) is 2.55. The molecular weight excluding hydrogens is 506 g/mol. The Labute approximate surface area is 183 Å². The lowest BCUT2D eigenvalue weighted by Crippen LogP contribution is -2.30. The summed E-state index contributed by atoms with van der Waals surface area (Å²) in [4.78, 5) is 4.02. The van der Waals surface area contributed by atoms with E-state index in [2.05, 4.69) is 20.7 Å². The van der Waals surface area contributed by atoms with Crippen molar-refractivity contribution in [2.24, 2.45) is 12.0 Å². The molecule has 1 aromatic carbocycles. The topological polar surface area (TPSA) is 81.9 Å². The number of hydrogen-bond acceptors (Lipinski definition) is 5. The number of aliphatic imine (C=N–C) groups is 1. The molecular formula is C17H23F3IN5O3. The lowest BCUT2D eigenvalue weighted by molar-refractivity contribution is -0.142. The first-order valence-electron chi connectivity index (χ1n) is 8.10. The zero-order valence-electron chi connectivity index (χ0n) is 16.5. The van der Waals surface area contributed by atoms with Crippen LogP contribution in [0, 0.1) is 0 Å². The summed E-state index contributed by atoms with van der Waals surface area (Å²) in [5.74, 6) is 1.52. The van der Waals surface area contributed by atoms with Gasteiger partial charge in [0.2, 0.25) is 5.75 Å². The van der Waals surface area contributed by atoms with Crippen molar-refractivity contribution in [1.29, 1.82) is 0 Å². The van der Waals surface area contributed by atoms with Gasteiger partial charge in [-0.1, -0.05) is 0 Å². The molecule has 0 aliphatic carbocycles. The van der Waals surface area contributed by atoms with Crippen molar-refractivity contribution < 1.29 is 27.4 Å². The fraction of sp³-hybridized carbons (Fsp3) is 0.412. The highest BCUT2D eigenvalue weighted by Gasteiger charge is 2.36. The Balaban J connectivity index is 0.00000420. The van der Waals surface area contributed by atoms with Gasteiger partial charge in [0.15, 0.2) is 23.2 Å². The minimum absolute atomic E-state index is 0. The van der Waals surface area contributed by atoms with E-state index < -0.39 is 11.9 Å². The molecule has 0 atom stereocenters. The van der Waals surface area contributed by atoms with Gasteiger partial charge in [0.1, 0.15) is 0 Å². The normalized spacial score (nSPS) is 11.5. The van der Waals surface area contributed by atoms with Crippen LogP contribution in [0.4, 0.5) is 18.9 Å². The summed E-state index contributed by atoms with van der Waals surface area (Å²) in [7, 11) is 7.38. The van der Waals surface area contributed by atoms with E-state index in [1.54, 1.807) is 12.1 Å². The molecule has 1 heterocycles. The van der Waals surface area contributed by atoms with Gasteiger partial charge in [-0.05, 0) is 0 Å². The number of hydrogen-bond donors (Lipinski definition) is 2. The van der Waals surface area contributed by atoms with Crippen molar-refractivity contribution in [3.63, 3.8) is 0 Å². The summed E-state index contributed by atoms with van der Waals surface area (Å²) in [5, 5.41) is 9.29. The van der Waals surface area contributed by atoms with E-state index >= 15 is 0 Å². The van der Waals surface area contributed by atoms with Crippen molar-refractivity contribution >= 4 is 35.6 Å². The summed E-state index contributed by atoms with van der Waals surface area (Å²) in [6.45, 7) is -0.118. The van der Waals surface area contributed by atoms with Crippen molar-refractivity contribution in [1.82, 2.24) is 15.1 Å². The van der Waals surface area contributed by atoms with Crippen LogP contribution in [0.3, 0.4) is 0 Å². The molecule has 0 saturated heterocycles. The third-order valence-corrected chi connectivity index (χ3v) is 3.77. The number of rotatable bonds is 6. The maximum Gasteiger partial charge on any atom is 0.435 e. The first-order chi connectivity index (χ1) is 13.2. The van der Waals surface area contributed by atoms with Crippen LogP contribution < -0.4 is 24.8 Å². The van der Waals surface area contributed by atoms with Crippen molar-refractivity contribution in [3.05, 3.63) is 29.6 Å². The Kier molecular flexibility index (Phi) is 8.85. The molecule has 2 aromatic rings. The molecule has 0 spiro atoms. The quantitative estimate of drug-likeness (QED) is 0.340. The van der Waals surface area contributed by atoms with Crippen LogP contribution in [0.25, 0.3) is 0 Å². The van der Waals surface area contributed by atoms with Crippen molar-refractivity contribution in [2.45, 2.75) is 12.7 Å². The molecule has 0 aliphatic rings. The van der Waals surface area contributed by atoms with Crippen LogP contribution >= 0.6 is 24.0 Å². The van der Waals surface area contributed by atoms with E-state index in [1.807, 2.05) is 0 Å². The summed E-state index contributed by atoms with van der Waals surface area (Å²) >= 11 is 0. The minimum atomic E-state index is -4.54. The molecule has 2 N–H and O–H groups in total. The van der Waals surface area contributed by atoms with Crippen LogP contribution in [0.15, 0.2) is 23.3 Å². The number of aromatic nitrogens is 2. The minimum Gasteiger partial charge on any atom is -0.493 e. The molecule has 29 heavy (non-hydrogen) atoms. The Hall–Kier alpha value is -2.38. The highest BCUT2D eigenvalue weighted by molar-refractivity contribution is 14.0. The van der Waals surface area contributed by atoms with Crippen molar-refractivity contribution in [2.75, 3.05) is 33.7 Å². The number of nitrogens with one attached hydrogen (secondary N) is 2. The summed E-state index contributed by atoms with van der Waals surface area (Å²) in [6, 6.07) is 3.30. The Morgan fingerprint density at radius 2 is 1.72 bits per heavy atom. The molecule has 0 aliphatic heterocycles. The smallest absolute Gasteiger partial charge is 0.435 e. The first-order valence-corrected chi connectivity index (χ1v) is 8.10. The average Bonchev–Trinajstić information content (AvgIpc) is 3.05. The van der Waals surface area contributed by atoms with E-state index in [9.17, 15) is 13.2 Å². The molecule has 0 fully saturated rings. The first kappa shape index (κ1) is 24.7. The number of anilines is 1. The highest BCUT2D eigenvalue weighted by Crippen LogP contribution is 2.39. The second-order valence-electron chi connectivity index (χ2n) is 5.64. The van der Waals surface area contributed by atoms with E-state index in [0.29, 0.717) is 22.9 Å². The number of methoxy groups -OCH3 is 3. The number of aryl methyl sites for hydroxylation is 1. The van der Waals surface area contributed by atoms with Crippen LogP contribution in [0.5, 0.6) is 17.2 Å². The van der Waals surface area contributed by atoms with Crippen LogP contribution in [-0.2, 0) is 19.8 Å². The van der Waals surface area contributed by atoms with Gasteiger partial charge in [-0.3, -0.25) is 9.67 Å². The largest absolute Gasteiger partial charge is 0.493 e. The van der Waals surface area contributed by atoms with Crippen molar-refractivity contribution in [3.8, 4) is 17.2 Å². The summed E-state index contributed by atoms with van der Waals surface area (Å²) in [6.07, 6.45) is -3.23. The Bertz CT molecular complexity index is 830. The standard InChI is InChI=1S/C17H22F3N5O3.HI/c1-21-16(22-8-10-9-25(2)24-15(10)17(18,19)20)23-11-6-12(26-3)14(28-5)13(7-11)27-4;/h6-7,9H,8H2,1-5H3,(H2,21,22,23);1H. The van der Waals surface area contributed by atoms with Gasteiger partial charge in [0, 0.05) is 50.2 Å². The molecule has 2 rings (SSSR count). The van der Waals surface area contributed by atoms with Gasteiger partial charge in [-0.25, -0.2) is 0 Å². The second-order valence-corrected chi connectivity index (χ2v) is 5.64. The number of alkyl halides is 3. The molecule has 162 valence electrons. The lowest BCUT2D eigenvalue weighted by Gasteiger charge is -2.16. The molecule has 0 bridgehead atoms. The molecule has 0 unspecified atom stereocenters. The molecule has 0 amide bonds. The lowest BCUT2D eigenvalue weighted by atomic mass is 10.2. The number of ether oxygens (including phenoxy) is 3. The van der Waals surface area contributed by atoms with Crippen LogP contribution in [0.1, 0.15) is 11.3 Å².